The molecule has 0 radical (unpaired) electrons. The lowest BCUT2D eigenvalue weighted by molar-refractivity contribution is -0.384. The number of nitrogens with zero attached hydrogens (tertiary/aromatic N) is 3. The van der Waals surface area contributed by atoms with Gasteiger partial charge in [0.2, 0.25) is 5.13 Å². The SMILES string of the molecule is COc1ccc(OC)c(-c2csc(N/N=C(/C)c3ccc([N+](=O)[O-])cc3)n2)c1. The first kappa shape index (κ1) is 19.3. The first-order chi connectivity index (χ1) is 13.5. The van der Waals surface area contributed by atoms with Crippen LogP contribution < -0.4 is 14.9 Å². The summed E-state index contributed by atoms with van der Waals surface area (Å²) >= 11 is 1.41. The molecule has 1 heterocycles. The van der Waals surface area contributed by atoms with Crippen molar-refractivity contribution >= 4 is 27.9 Å². The number of nitrogens with one attached hydrogen (secondary N) is 1. The van der Waals surface area contributed by atoms with Crippen molar-refractivity contribution in [2.75, 3.05) is 19.6 Å². The molecule has 0 saturated carbocycles. The van der Waals surface area contributed by atoms with Crippen molar-refractivity contribution in [1.29, 1.82) is 0 Å². The summed E-state index contributed by atoms with van der Waals surface area (Å²) in [6, 6.07) is 11.7. The third-order valence-electron chi connectivity index (χ3n) is 4.00. The minimum Gasteiger partial charge on any atom is -0.497 e. The van der Waals surface area contributed by atoms with Crippen LogP contribution in [0.4, 0.5) is 10.8 Å². The molecule has 8 nitrogen and oxygen atoms in total. The Morgan fingerprint density at radius 3 is 2.57 bits per heavy atom. The first-order valence-electron chi connectivity index (χ1n) is 8.25. The smallest absolute Gasteiger partial charge is 0.269 e. The number of nitro benzene ring substituents is 1. The number of hydrazone groups is 1. The van der Waals surface area contributed by atoms with Crippen molar-refractivity contribution in [2.24, 2.45) is 5.10 Å². The van der Waals surface area contributed by atoms with E-state index in [1.807, 2.05) is 30.5 Å². The largest absolute Gasteiger partial charge is 0.497 e. The van der Waals surface area contributed by atoms with Crippen LogP contribution in [-0.2, 0) is 0 Å². The van der Waals surface area contributed by atoms with Crippen molar-refractivity contribution in [3.05, 3.63) is 63.5 Å². The monoisotopic (exact) mass is 398 g/mol. The van der Waals surface area contributed by atoms with E-state index in [-0.39, 0.29) is 5.69 Å². The molecule has 0 spiro atoms. The summed E-state index contributed by atoms with van der Waals surface area (Å²) in [7, 11) is 3.21. The van der Waals surface area contributed by atoms with Crippen molar-refractivity contribution in [3.63, 3.8) is 0 Å². The lowest BCUT2D eigenvalue weighted by Gasteiger charge is -2.08. The van der Waals surface area contributed by atoms with Crippen molar-refractivity contribution in [3.8, 4) is 22.8 Å². The van der Waals surface area contributed by atoms with Gasteiger partial charge in [0.25, 0.3) is 5.69 Å². The summed E-state index contributed by atoms with van der Waals surface area (Å²) in [5.74, 6) is 1.41. The molecule has 0 atom stereocenters. The lowest BCUT2D eigenvalue weighted by atomic mass is 10.1. The van der Waals surface area contributed by atoms with Gasteiger partial charge in [-0.15, -0.1) is 11.3 Å². The number of thiazole rings is 1. The highest BCUT2D eigenvalue weighted by atomic mass is 32.1. The van der Waals surface area contributed by atoms with Crippen LogP contribution in [0.25, 0.3) is 11.3 Å². The molecule has 0 bridgehead atoms. The summed E-state index contributed by atoms with van der Waals surface area (Å²) in [6.45, 7) is 1.81. The number of aromatic nitrogens is 1. The number of benzene rings is 2. The zero-order chi connectivity index (χ0) is 20.1. The van der Waals surface area contributed by atoms with Crippen LogP contribution in [0.3, 0.4) is 0 Å². The van der Waals surface area contributed by atoms with Gasteiger partial charge in [-0.2, -0.15) is 5.10 Å². The molecule has 3 aromatic rings. The summed E-state index contributed by atoms with van der Waals surface area (Å²) in [5.41, 5.74) is 6.00. The maximum Gasteiger partial charge on any atom is 0.269 e. The zero-order valence-electron chi connectivity index (χ0n) is 15.5. The second kappa shape index (κ2) is 8.49. The fourth-order valence-corrected chi connectivity index (χ4v) is 3.14. The molecule has 0 amide bonds. The third kappa shape index (κ3) is 4.26. The number of non-ortho nitro benzene ring substituents is 1. The minimum atomic E-state index is -0.432. The highest BCUT2D eigenvalue weighted by Gasteiger charge is 2.12. The number of methoxy groups -OCH3 is 2. The number of hydrogen-bond acceptors (Lipinski definition) is 8. The fraction of sp³-hybridized carbons (Fsp3) is 0.158. The van der Waals surface area contributed by atoms with Gasteiger partial charge in [0.15, 0.2) is 0 Å². The van der Waals surface area contributed by atoms with Gasteiger partial charge in [0.05, 0.1) is 30.5 Å². The summed E-state index contributed by atoms with van der Waals surface area (Å²) in [4.78, 5) is 14.8. The van der Waals surface area contributed by atoms with Gasteiger partial charge in [-0.3, -0.25) is 15.5 Å². The summed E-state index contributed by atoms with van der Waals surface area (Å²) in [6.07, 6.45) is 0. The summed E-state index contributed by atoms with van der Waals surface area (Å²) < 4.78 is 10.7. The molecule has 28 heavy (non-hydrogen) atoms. The maximum atomic E-state index is 10.7. The highest BCUT2D eigenvalue weighted by molar-refractivity contribution is 7.14. The zero-order valence-corrected chi connectivity index (χ0v) is 16.3. The maximum absolute atomic E-state index is 10.7. The van der Waals surface area contributed by atoms with Gasteiger partial charge >= 0.3 is 0 Å². The Kier molecular flexibility index (Phi) is 5.85. The number of ether oxygens (including phenoxy) is 2. The van der Waals surface area contributed by atoms with Crippen LogP contribution >= 0.6 is 11.3 Å². The van der Waals surface area contributed by atoms with E-state index in [0.717, 1.165) is 16.8 Å². The molecule has 0 saturated heterocycles. The van der Waals surface area contributed by atoms with Crippen LogP contribution in [0.15, 0.2) is 52.9 Å². The Labute approximate surface area is 165 Å². The van der Waals surface area contributed by atoms with Gasteiger partial charge in [-0.05, 0) is 42.8 Å². The quantitative estimate of drug-likeness (QED) is 0.355. The van der Waals surface area contributed by atoms with E-state index in [4.69, 9.17) is 9.47 Å². The van der Waals surface area contributed by atoms with Gasteiger partial charge in [0, 0.05) is 23.1 Å². The Morgan fingerprint density at radius 2 is 1.93 bits per heavy atom. The Morgan fingerprint density at radius 1 is 1.18 bits per heavy atom. The van der Waals surface area contributed by atoms with E-state index in [1.165, 1.54) is 23.5 Å². The molecule has 2 aromatic carbocycles. The number of hydrogen-bond donors (Lipinski definition) is 1. The van der Waals surface area contributed by atoms with Gasteiger partial charge in [-0.1, -0.05) is 0 Å². The minimum absolute atomic E-state index is 0.0429. The Bertz CT molecular complexity index is 1020. The highest BCUT2D eigenvalue weighted by Crippen LogP contribution is 2.35. The fourth-order valence-electron chi connectivity index (χ4n) is 2.48. The van der Waals surface area contributed by atoms with E-state index >= 15 is 0 Å². The van der Waals surface area contributed by atoms with Gasteiger partial charge < -0.3 is 9.47 Å². The topological polar surface area (TPSA) is 98.9 Å². The predicted molar refractivity (Wildman–Crippen MR) is 110 cm³/mol. The van der Waals surface area contributed by atoms with Gasteiger partial charge in [-0.25, -0.2) is 4.98 Å². The van der Waals surface area contributed by atoms with E-state index in [9.17, 15) is 10.1 Å². The molecular weight excluding hydrogens is 380 g/mol. The van der Waals surface area contributed by atoms with E-state index in [1.54, 1.807) is 26.4 Å². The van der Waals surface area contributed by atoms with Gasteiger partial charge in [0.1, 0.15) is 11.5 Å². The lowest BCUT2D eigenvalue weighted by Crippen LogP contribution is -2.00. The predicted octanol–water partition coefficient (Wildman–Crippen LogP) is 4.57. The van der Waals surface area contributed by atoms with Crippen LogP contribution in [0.2, 0.25) is 0 Å². The molecule has 144 valence electrons. The molecular formula is C19H18N4O4S. The first-order valence-corrected chi connectivity index (χ1v) is 9.13. The number of rotatable bonds is 7. The van der Waals surface area contributed by atoms with E-state index in [2.05, 4.69) is 15.5 Å². The molecule has 9 heteroatoms. The van der Waals surface area contributed by atoms with Crippen LogP contribution in [0.1, 0.15) is 12.5 Å². The number of anilines is 1. The van der Waals surface area contributed by atoms with Crippen LogP contribution in [0, 0.1) is 10.1 Å². The average Bonchev–Trinajstić information content (AvgIpc) is 3.20. The normalized spacial score (nSPS) is 11.2. The molecule has 0 unspecified atom stereocenters. The van der Waals surface area contributed by atoms with Crippen molar-refractivity contribution in [2.45, 2.75) is 6.92 Å². The Hall–Kier alpha value is -3.46. The van der Waals surface area contributed by atoms with E-state index < -0.39 is 4.92 Å². The van der Waals surface area contributed by atoms with Crippen molar-refractivity contribution < 1.29 is 14.4 Å². The molecule has 0 aliphatic heterocycles. The molecule has 1 aromatic heterocycles. The second-order valence-electron chi connectivity index (χ2n) is 5.72. The van der Waals surface area contributed by atoms with E-state index in [0.29, 0.717) is 22.3 Å². The average molecular weight is 398 g/mol. The van der Waals surface area contributed by atoms with Crippen LogP contribution in [-0.4, -0.2) is 29.8 Å². The second-order valence-corrected chi connectivity index (χ2v) is 6.58. The van der Waals surface area contributed by atoms with Crippen LogP contribution in [0.5, 0.6) is 11.5 Å². The molecule has 3 rings (SSSR count). The third-order valence-corrected chi connectivity index (χ3v) is 4.75. The Balaban J connectivity index is 1.77. The molecule has 1 N–H and O–H groups in total. The molecule has 0 fully saturated rings. The standard InChI is InChI=1S/C19H18N4O4S/c1-12(13-4-6-14(7-5-13)23(24)25)21-22-19-20-17(11-28-19)16-10-15(26-2)8-9-18(16)27-3/h4-11H,1-3H3,(H,20,22)/b21-12-. The molecule has 0 aliphatic carbocycles. The summed E-state index contributed by atoms with van der Waals surface area (Å²) in [5, 5.41) is 17.6. The number of nitro groups is 1. The molecule has 0 aliphatic rings. The van der Waals surface area contributed by atoms with Crippen molar-refractivity contribution in [1.82, 2.24) is 4.98 Å².